The Labute approximate surface area is 114 Å². The van der Waals surface area contributed by atoms with E-state index in [2.05, 4.69) is 5.32 Å². The van der Waals surface area contributed by atoms with Gasteiger partial charge in [-0.2, -0.15) is 0 Å². The van der Waals surface area contributed by atoms with E-state index in [0.717, 1.165) is 19.3 Å². The highest BCUT2D eigenvalue weighted by Crippen LogP contribution is 2.24. The SMILES string of the molecule is O=C(O)C1CCCCCN1C(=O)NCC1CCCC1. The second-order valence-corrected chi connectivity index (χ2v) is 5.73. The van der Waals surface area contributed by atoms with Crippen molar-refractivity contribution in [1.82, 2.24) is 10.2 Å². The summed E-state index contributed by atoms with van der Waals surface area (Å²) in [5.74, 6) is -0.294. The van der Waals surface area contributed by atoms with Gasteiger partial charge >= 0.3 is 12.0 Å². The fourth-order valence-electron chi connectivity index (χ4n) is 3.16. The molecule has 19 heavy (non-hydrogen) atoms. The van der Waals surface area contributed by atoms with Crippen LogP contribution in [0.5, 0.6) is 0 Å². The summed E-state index contributed by atoms with van der Waals surface area (Å²) in [6.45, 7) is 1.26. The van der Waals surface area contributed by atoms with Gasteiger partial charge in [-0.15, -0.1) is 0 Å². The molecular formula is C14H24N2O3. The molecule has 2 N–H and O–H groups in total. The van der Waals surface area contributed by atoms with Gasteiger partial charge in [0.2, 0.25) is 0 Å². The van der Waals surface area contributed by atoms with Crippen LogP contribution in [0.15, 0.2) is 0 Å². The molecular weight excluding hydrogens is 244 g/mol. The summed E-state index contributed by atoms with van der Waals surface area (Å²) in [7, 11) is 0. The van der Waals surface area contributed by atoms with Crippen LogP contribution in [0.3, 0.4) is 0 Å². The zero-order valence-electron chi connectivity index (χ0n) is 11.4. The molecule has 0 radical (unpaired) electrons. The maximum Gasteiger partial charge on any atom is 0.326 e. The lowest BCUT2D eigenvalue weighted by Gasteiger charge is -2.27. The molecule has 1 aliphatic carbocycles. The number of hydrogen-bond acceptors (Lipinski definition) is 2. The van der Waals surface area contributed by atoms with Crippen molar-refractivity contribution in [3.8, 4) is 0 Å². The molecule has 2 fully saturated rings. The van der Waals surface area contributed by atoms with Crippen LogP contribution in [-0.2, 0) is 4.79 Å². The third kappa shape index (κ3) is 3.85. The third-order valence-corrected chi connectivity index (χ3v) is 4.32. The highest BCUT2D eigenvalue weighted by atomic mass is 16.4. The minimum atomic E-state index is -0.877. The Morgan fingerprint density at radius 2 is 1.74 bits per heavy atom. The predicted molar refractivity (Wildman–Crippen MR) is 72.0 cm³/mol. The van der Waals surface area contributed by atoms with Crippen LogP contribution in [0.2, 0.25) is 0 Å². The van der Waals surface area contributed by atoms with Crippen LogP contribution in [0.25, 0.3) is 0 Å². The average Bonchev–Trinajstić information content (AvgIpc) is 2.77. The van der Waals surface area contributed by atoms with Gasteiger partial charge in [-0.05, 0) is 31.6 Å². The van der Waals surface area contributed by atoms with Crippen molar-refractivity contribution in [3.63, 3.8) is 0 Å². The highest BCUT2D eigenvalue weighted by molar-refractivity contribution is 5.82. The van der Waals surface area contributed by atoms with Crippen LogP contribution in [0, 0.1) is 5.92 Å². The number of aliphatic carboxylic acids is 1. The first-order valence-corrected chi connectivity index (χ1v) is 7.46. The number of amides is 2. The fraction of sp³-hybridized carbons (Fsp3) is 0.857. The molecule has 1 saturated carbocycles. The van der Waals surface area contributed by atoms with Gasteiger partial charge in [0.25, 0.3) is 0 Å². The summed E-state index contributed by atoms with van der Waals surface area (Å²) in [4.78, 5) is 25.0. The molecule has 0 bridgehead atoms. The Hall–Kier alpha value is -1.26. The Balaban J connectivity index is 1.88. The Bertz CT molecular complexity index is 327. The zero-order chi connectivity index (χ0) is 13.7. The molecule has 0 aromatic rings. The molecule has 2 amide bonds. The van der Waals surface area contributed by atoms with E-state index in [-0.39, 0.29) is 6.03 Å². The van der Waals surface area contributed by atoms with Gasteiger partial charge in [0.05, 0.1) is 0 Å². The van der Waals surface area contributed by atoms with Crippen molar-refractivity contribution in [2.45, 2.75) is 57.4 Å². The lowest BCUT2D eigenvalue weighted by atomic mass is 10.1. The van der Waals surface area contributed by atoms with E-state index in [1.807, 2.05) is 0 Å². The molecule has 0 spiro atoms. The number of rotatable bonds is 3. The van der Waals surface area contributed by atoms with Gasteiger partial charge in [0.15, 0.2) is 0 Å². The van der Waals surface area contributed by atoms with Crippen LogP contribution in [0.4, 0.5) is 4.79 Å². The second kappa shape index (κ2) is 6.78. The standard InChI is InChI=1S/C14H24N2O3/c17-13(18)12-8-2-1-5-9-16(12)14(19)15-10-11-6-3-4-7-11/h11-12H,1-10H2,(H,15,19)(H,17,18). The Kier molecular flexibility index (Phi) is 5.05. The number of carbonyl (C=O) groups excluding carboxylic acids is 1. The van der Waals surface area contributed by atoms with E-state index in [4.69, 9.17) is 0 Å². The first-order valence-electron chi connectivity index (χ1n) is 7.46. The van der Waals surface area contributed by atoms with E-state index in [1.54, 1.807) is 0 Å². The summed E-state index contributed by atoms with van der Waals surface area (Å²) >= 11 is 0. The molecule has 1 atom stereocenters. The van der Waals surface area contributed by atoms with Crippen LogP contribution < -0.4 is 5.32 Å². The summed E-state index contributed by atoms with van der Waals surface area (Å²) in [6, 6.07) is -0.840. The van der Waals surface area contributed by atoms with Crippen molar-refractivity contribution in [2.24, 2.45) is 5.92 Å². The van der Waals surface area contributed by atoms with Gasteiger partial charge in [0.1, 0.15) is 6.04 Å². The lowest BCUT2D eigenvalue weighted by Crippen LogP contribution is -2.50. The van der Waals surface area contributed by atoms with Gasteiger partial charge < -0.3 is 15.3 Å². The van der Waals surface area contributed by atoms with Crippen molar-refractivity contribution in [3.05, 3.63) is 0 Å². The number of urea groups is 1. The summed E-state index contributed by atoms with van der Waals surface area (Å²) in [5, 5.41) is 12.2. The lowest BCUT2D eigenvalue weighted by molar-refractivity contribution is -0.142. The molecule has 5 nitrogen and oxygen atoms in total. The van der Waals surface area contributed by atoms with Crippen LogP contribution in [-0.4, -0.2) is 41.1 Å². The molecule has 0 aromatic carbocycles. The van der Waals surface area contributed by atoms with E-state index in [1.165, 1.54) is 30.6 Å². The van der Waals surface area contributed by atoms with Crippen molar-refractivity contribution >= 4 is 12.0 Å². The Morgan fingerprint density at radius 3 is 2.42 bits per heavy atom. The average molecular weight is 268 g/mol. The number of nitrogens with zero attached hydrogens (tertiary/aromatic N) is 1. The zero-order valence-corrected chi connectivity index (χ0v) is 11.4. The molecule has 1 aliphatic heterocycles. The molecule has 1 saturated heterocycles. The third-order valence-electron chi connectivity index (χ3n) is 4.32. The quantitative estimate of drug-likeness (QED) is 0.824. The first kappa shape index (κ1) is 14.2. The number of carbonyl (C=O) groups is 2. The number of nitrogens with one attached hydrogen (secondary N) is 1. The topological polar surface area (TPSA) is 69.6 Å². The molecule has 2 aliphatic rings. The van der Waals surface area contributed by atoms with Crippen LogP contribution >= 0.6 is 0 Å². The molecule has 1 unspecified atom stereocenters. The summed E-state index contributed by atoms with van der Waals surface area (Å²) in [6.07, 6.45) is 8.25. The second-order valence-electron chi connectivity index (χ2n) is 5.73. The number of carboxylic acid groups (broad SMARTS) is 1. The minimum absolute atomic E-state index is 0.193. The van der Waals surface area contributed by atoms with E-state index < -0.39 is 12.0 Å². The number of hydrogen-bond donors (Lipinski definition) is 2. The van der Waals surface area contributed by atoms with E-state index in [9.17, 15) is 14.7 Å². The van der Waals surface area contributed by atoms with E-state index in [0.29, 0.717) is 25.4 Å². The van der Waals surface area contributed by atoms with Gasteiger partial charge in [-0.3, -0.25) is 0 Å². The number of likely N-dealkylation sites (tertiary alicyclic amines) is 1. The summed E-state index contributed by atoms with van der Waals surface area (Å²) in [5.41, 5.74) is 0. The smallest absolute Gasteiger partial charge is 0.326 e. The van der Waals surface area contributed by atoms with Crippen molar-refractivity contribution in [1.29, 1.82) is 0 Å². The normalized spacial score (nSPS) is 25.1. The van der Waals surface area contributed by atoms with Crippen molar-refractivity contribution < 1.29 is 14.7 Å². The monoisotopic (exact) mass is 268 g/mol. The van der Waals surface area contributed by atoms with Gasteiger partial charge in [-0.1, -0.05) is 25.7 Å². The van der Waals surface area contributed by atoms with E-state index >= 15 is 0 Å². The maximum atomic E-state index is 12.2. The highest BCUT2D eigenvalue weighted by Gasteiger charge is 2.31. The molecule has 5 heteroatoms. The predicted octanol–water partition coefficient (Wildman–Crippen LogP) is 2.22. The van der Waals surface area contributed by atoms with Gasteiger partial charge in [-0.25, -0.2) is 9.59 Å². The maximum absolute atomic E-state index is 12.2. The van der Waals surface area contributed by atoms with Gasteiger partial charge in [0, 0.05) is 13.1 Å². The largest absolute Gasteiger partial charge is 0.480 e. The first-order chi connectivity index (χ1) is 9.18. The molecule has 0 aromatic heterocycles. The fourth-order valence-corrected chi connectivity index (χ4v) is 3.16. The minimum Gasteiger partial charge on any atom is -0.480 e. The molecule has 1 heterocycles. The van der Waals surface area contributed by atoms with Crippen LogP contribution in [0.1, 0.15) is 51.4 Å². The molecule has 2 rings (SSSR count). The Morgan fingerprint density at radius 1 is 1.05 bits per heavy atom. The number of carboxylic acids is 1. The summed E-state index contributed by atoms with van der Waals surface area (Å²) < 4.78 is 0. The van der Waals surface area contributed by atoms with Crippen molar-refractivity contribution in [2.75, 3.05) is 13.1 Å². The molecule has 108 valence electrons.